The summed E-state index contributed by atoms with van der Waals surface area (Å²) in [4.78, 5) is 9.31. The van der Waals surface area contributed by atoms with E-state index in [1.807, 2.05) is 24.3 Å². The zero-order chi connectivity index (χ0) is 16.4. The van der Waals surface area contributed by atoms with Crippen molar-refractivity contribution in [2.24, 2.45) is 0 Å². The minimum Gasteiger partial charge on any atom is -0.481 e. The molecule has 0 N–H and O–H groups in total. The SMILES string of the molecule is COc1ncc(CON2Cc3ccccc3C2)cc1C(F)(F)F. The molecule has 1 aliphatic rings. The van der Waals surface area contributed by atoms with E-state index in [9.17, 15) is 13.2 Å². The number of hydrogen-bond donors (Lipinski definition) is 0. The van der Waals surface area contributed by atoms with Crippen molar-refractivity contribution in [1.29, 1.82) is 0 Å². The summed E-state index contributed by atoms with van der Waals surface area (Å²) in [7, 11) is 1.16. The summed E-state index contributed by atoms with van der Waals surface area (Å²) in [6.45, 7) is 1.26. The second kappa shape index (κ2) is 6.17. The topological polar surface area (TPSA) is 34.6 Å². The Hall–Kier alpha value is -2.12. The molecule has 0 amide bonds. The third-order valence-corrected chi connectivity index (χ3v) is 3.63. The quantitative estimate of drug-likeness (QED) is 0.861. The van der Waals surface area contributed by atoms with Crippen LogP contribution in [0.5, 0.6) is 5.88 Å². The number of benzene rings is 1. The standard InChI is InChI=1S/C16H15F3N2O2/c1-22-15-14(16(17,18)19)6-11(7-20-15)10-23-21-8-12-4-2-3-5-13(12)9-21/h2-7H,8-10H2,1H3. The molecule has 7 heteroatoms. The summed E-state index contributed by atoms with van der Waals surface area (Å²) in [6.07, 6.45) is -3.18. The largest absolute Gasteiger partial charge is 0.481 e. The van der Waals surface area contributed by atoms with E-state index >= 15 is 0 Å². The van der Waals surface area contributed by atoms with E-state index in [0.717, 1.165) is 24.3 Å². The van der Waals surface area contributed by atoms with Gasteiger partial charge in [-0.25, -0.2) is 4.98 Å². The molecule has 0 atom stereocenters. The van der Waals surface area contributed by atoms with Gasteiger partial charge in [-0.3, -0.25) is 4.84 Å². The van der Waals surface area contributed by atoms with E-state index in [1.54, 1.807) is 5.06 Å². The molecule has 2 heterocycles. The van der Waals surface area contributed by atoms with Crippen molar-refractivity contribution in [2.45, 2.75) is 25.9 Å². The molecule has 3 rings (SSSR count). The fraction of sp³-hybridized carbons (Fsp3) is 0.312. The van der Waals surface area contributed by atoms with Crippen molar-refractivity contribution in [2.75, 3.05) is 7.11 Å². The number of nitrogens with zero attached hydrogens (tertiary/aromatic N) is 2. The van der Waals surface area contributed by atoms with E-state index in [1.165, 1.54) is 6.20 Å². The third kappa shape index (κ3) is 3.46. The molecular formula is C16H15F3N2O2. The number of ether oxygens (including phenoxy) is 1. The first-order chi connectivity index (χ1) is 11.0. The molecule has 0 saturated heterocycles. The summed E-state index contributed by atoms with van der Waals surface area (Å²) >= 11 is 0. The Morgan fingerprint density at radius 1 is 1.17 bits per heavy atom. The van der Waals surface area contributed by atoms with E-state index in [-0.39, 0.29) is 6.61 Å². The molecule has 4 nitrogen and oxygen atoms in total. The lowest BCUT2D eigenvalue weighted by Gasteiger charge is -2.16. The molecular weight excluding hydrogens is 309 g/mol. The Morgan fingerprint density at radius 3 is 2.39 bits per heavy atom. The van der Waals surface area contributed by atoms with Gasteiger partial charge in [-0.1, -0.05) is 24.3 Å². The Labute approximate surface area is 131 Å². The highest BCUT2D eigenvalue weighted by molar-refractivity contribution is 5.32. The summed E-state index contributed by atoms with van der Waals surface area (Å²) in [6, 6.07) is 8.93. The predicted molar refractivity (Wildman–Crippen MR) is 76.3 cm³/mol. The maximum absolute atomic E-state index is 13.0. The lowest BCUT2D eigenvalue weighted by atomic mass is 10.1. The molecule has 23 heavy (non-hydrogen) atoms. The first-order valence-corrected chi connectivity index (χ1v) is 7.02. The van der Waals surface area contributed by atoms with Gasteiger partial charge < -0.3 is 4.74 Å². The van der Waals surface area contributed by atoms with Gasteiger partial charge in [0.15, 0.2) is 0 Å². The van der Waals surface area contributed by atoms with E-state index in [4.69, 9.17) is 4.84 Å². The zero-order valence-electron chi connectivity index (χ0n) is 12.4. The van der Waals surface area contributed by atoms with Crippen molar-refractivity contribution in [3.63, 3.8) is 0 Å². The van der Waals surface area contributed by atoms with Crippen LogP contribution in [0.2, 0.25) is 0 Å². The molecule has 1 aliphatic heterocycles. The molecule has 1 aromatic carbocycles. The minimum atomic E-state index is -4.52. The van der Waals surface area contributed by atoms with Crippen LogP contribution in [0, 0.1) is 0 Å². The van der Waals surface area contributed by atoms with Crippen LogP contribution in [0.1, 0.15) is 22.3 Å². The van der Waals surface area contributed by atoms with Gasteiger partial charge in [0.25, 0.3) is 0 Å². The molecule has 0 radical (unpaired) electrons. The smallest absolute Gasteiger partial charge is 0.421 e. The zero-order valence-corrected chi connectivity index (χ0v) is 12.4. The molecule has 0 bridgehead atoms. The fourth-order valence-corrected chi connectivity index (χ4v) is 2.50. The maximum Gasteiger partial charge on any atom is 0.421 e. The van der Waals surface area contributed by atoms with E-state index in [2.05, 4.69) is 9.72 Å². The van der Waals surface area contributed by atoms with Gasteiger partial charge >= 0.3 is 6.18 Å². The Morgan fingerprint density at radius 2 is 1.83 bits per heavy atom. The average Bonchev–Trinajstić information content (AvgIpc) is 2.94. The van der Waals surface area contributed by atoms with Crippen LogP contribution in [0.3, 0.4) is 0 Å². The second-order valence-electron chi connectivity index (χ2n) is 5.24. The van der Waals surface area contributed by atoms with Gasteiger partial charge in [0.2, 0.25) is 5.88 Å². The summed E-state index contributed by atoms with van der Waals surface area (Å²) in [5.41, 5.74) is 1.77. The van der Waals surface area contributed by atoms with Crippen LogP contribution >= 0.6 is 0 Å². The highest BCUT2D eigenvalue weighted by Crippen LogP contribution is 2.35. The Bertz CT molecular complexity index is 679. The fourth-order valence-electron chi connectivity index (χ4n) is 2.50. The molecule has 0 aliphatic carbocycles. The minimum absolute atomic E-state index is 0.0219. The number of halogens is 3. The highest BCUT2D eigenvalue weighted by atomic mass is 19.4. The number of aromatic nitrogens is 1. The Balaban J connectivity index is 1.68. The van der Waals surface area contributed by atoms with Gasteiger partial charge in [-0.15, -0.1) is 0 Å². The molecule has 0 fully saturated rings. The van der Waals surface area contributed by atoms with Gasteiger partial charge in [0.05, 0.1) is 13.7 Å². The van der Waals surface area contributed by atoms with Crippen molar-refractivity contribution >= 4 is 0 Å². The maximum atomic E-state index is 13.0. The van der Waals surface area contributed by atoms with E-state index in [0.29, 0.717) is 18.7 Å². The highest BCUT2D eigenvalue weighted by Gasteiger charge is 2.35. The van der Waals surface area contributed by atoms with Gasteiger partial charge in [0, 0.05) is 19.3 Å². The molecule has 0 saturated carbocycles. The predicted octanol–water partition coefficient (Wildman–Crippen LogP) is 3.56. The third-order valence-electron chi connectivity index (χ3n) is 3.63. The van der Waals surface area contributed by atoms with E-state index < -0.39 is 17.6 Å². The van der Waals surface area contributed by atoms with Crippen molar-refractivity contribution in [3.8, 4) is 5.88 Å². The van der Waals surface area contributed by atoms with Crippen LogP contribution in [0.4, 0.5) is 13.2 Å². The van der Waals surface area contributed by atoms with Crippen LogP contribution < -0.4 is 4.74 Å². The van der Waals surface area contributed by atoms with Crippen LogP contribution in [-0.4, -0.2) is 17.2 Å². The number of alkyl halides is 3. The first-order valence-electron chi connectivity index (χ1n) is 7.02. The number of rotatable bonds is 4. The lowest BCUT2D eigenvalue weighted by molar-refractivity contribution is -0.176. The number of pyridine rings is 1. The second-order valence-corrected chi connectivity index (χ2v) is 5.24. The van der Waals surface area contributed by atoms with Gasteiger partial charge in [-0.2, -0.15) is 18.2 Å². The number of hydrogen-bond acceptors (Lipinski definition) is 4. The van der Waals surface area contributed by atoms with Crippen molar-refractivity contribution in [1.82, 2.24) is 10.0 Å². The lowest BCUT2D eigenvalue weighted by Crippen LogP contribution is -2.17. The molecule has 0 unspecified atom stereocenters. The van der Waals surface area contributed by atoms with Gasteiger partial charge in [0.1, 0.15) is 5.56 Å². The van der Waals surface area contributed by atoms with Crippen molar-refractivity contribution < 1.29 is 22.7 Å². The number of methoxy groups -OCH3 is 1. The first kappa shape index (κ1) is 15.8. The molecule has 2 aromatic rings. The van der Waals surface area contributed by atoms with Crippen LogP contribution in [-0.2, 0) is 30.7 Å². The molecule has 0 spiro atoms. The van der Waals surface area contributed by atoms with Crippen LogP contribution in [0.25, 0.3) is 0 Å². The number of fused-ring (bicyclic) bond motifs is 1. The van der Waals surface area contributed by atoms with Crippen molar-refractivity contribution in [3.05, 3.63) is 58.8 Å². The monoisotopic (exact) mass is 324 g/mol. The number of hydroxylamine groups is 2. The Kier molecular flexibility index (Phi) is 4.23. The average molecular weight is 324 g/mol. The summed E-state index contributed by atoms with van der Waals surface area (Å²) in [5.74, 6) is -0.435. The summed E-state index contributed by atoms with van der Waals surface area (Å²) < 4.78 is 43.6. The van der Waals surface area contributed by atoms with Gasteiger partial charge in [-0.05, 0) is 22.8 Å². The molecule has 122 valence electrons. The van der Waals surface area contributed by atoms with Crippen LogP contribution in [0.15, 0.2) is 36.5 Å². The normalized spacial score (nSPS) is 14.8. The molecule has 1 aromatic heterocycles. The summed E-state index contributed by atoms with van der Waals surface area (Å²) in [5, 5.41) is 1.72.